The Hall–Kier alpha value is -3.68. The van der Waals surface area contributed by atoms with Crippen LogP contribution in [0.2, 0.25) is 0 Å². The molecule has 9 heteroatoms. The Kier molecular flexibility index (Phi) is 7.43. The maximum Gasteiger partial charge on any atom is 0.262 e. The van der Waals surface area contributed by atoms with Gasteiger partial charge in [0.05, 0.1) is 6.10 Å². The van der Waals surface area contributed by atoms with Crippen molar-refractivity contribution in [2.75, 3.05) is 25.5 Å². The maximum atomic E-state index is 12.6. The number of nitriles is 1. The summed E-state index contributed by atoms with van der Waals surface area (Å²) < 4.78 is 7.10. The van der Waals surface area contributed by atoms with E-state index < -0.39 is 30.5 Å². The lowest BCUT2D eigenvalue weighted by Crippen LogP contribution is -2.52. The number of anilines is 1. The fraction of sp³-hybridized carbons (Fsp3) is 0.333. The minimum Gasteiger partial charge on any atom is -0.390 e. The number of fused-ring (bicyclic) bond motifs is 1. The predicted molar refractivity (Wildman–Crippen MR) is 137 cm³/mol. The molecule has 1 fully saturated rings. The molecule has 4 N–H and O–H groups in total. The topological polar surface area (TPSA) is 131 Å². The van der Waals surface area contributed by atoms with Gasteiger partial charge in [-0.3, -0.25) is 4.79 Å². The normalized spacial score (nSPS) is 22.3. The Morgan fingerprint density at radius 2 is 1.89 bits per heavy atom. The maximum absolute atomic E-state index is 12.6. The average molecular weight is 491 g/mol. The van der Waals surface area contributed by atoms with Gasteiger partial charge < -0.3 is 34.8 Å². The predicted octanol–water partition coefficient (Wildman–Crippen LogP) is 1.76. The van der Waals surface area contributed by atoms with E-state index in [-0.39, 0.29) is 18.5 Å². The van der Waals surface area contributed by atoms with Crippen molar-refractivity contribution >= 4 is 28.4 Å². The summed E-state index contributed by atoms with van der Waals surface area (Å²) in [5.74, 6) is -0.645. The van der Waals surface area contributed by atoms with Crippen molar-refractivity contribution in [3.8, 4) is 17.3 Å². The van der Waals surface area contributed by atoms with Crippen LogP contribution in [0.15, 0.2) is 54.1 Å². The minimum absolute atomic E-state index is 0.112. The number of hydrogen-bond acceptors (Lipinski definition) is 7. The van der Waals surface area contributed by atoms with Crippen LogP contribution in [0.25, 0.3) is 28.1 Å². The number of nitrogens with zero attached hydrogens (tertiary/aromatic N) is 3. The van der Waals surface area contributed by atoms with Crippen LogP contribution < -0.4 is 10.2 Å². The summed E-state index contributed by atoms with van der Waals surface area (Å²) in [4.78, 5) is 14.7. The minimum atomic E-state index is -1.25. The molecule has 9 nitrogen and oxygen atoms in total. The van der Waals surface area contributed by atoms with E-state index in [4.69, 9.17) is 4.74 Å². The number of hydrogen-bond donors (Lipinski definition) is 4. The van der Waals surface area contributed by atoms with Crippen LogP contribution in [0.5, 0.6) is 0 Å². The Labute approximate surface area is 209 Å². The highest BCUT2D eigenvalue weighted by Crippen LogP contribution is 2.28. The molecule has 0 aliphatic carbocycles. The molecule has 4 rings (SSSR count). The number of aromatic nitrogens is 1. The average Bonchev–Trinajstić information content (AvgIpc) is 3.22. The molecule has 0 saturated carbocycles. The van der Waals surface area contributed by atoms with Gasteiger partial charge in [0.25, 0.3) is 5.91 Å². The second-order valence-corrected chi connectivity index (χ2v) is 9.15. The van der Waals surface area contributed by atoms with Crippen molar-refractivity contribution in [2.45, 2.75) is 31.0 Å². The second kappa shape index (κ2) is 10.5. The number of aliphatic hydroxyl groups is 3. The molecule has 1 aromatic heterocycles. The van der Waals surface area contributed by atoms with E-state index >= 15 is 0 Å². The fourth-order valence-electron chi connectivity index (χ4n) is 4.32. The van der Waals surface area contributed by atoms with Crippen LogP contribution in [0.1, 0.15) is 12.1 Å². The van der Waals surface area contributed by atoms with Gasteiger partial charge in [-0.15, -0.1) is 0 Å². The molecule has 3 aromatic rings. The van der Waals surface area contributed by atoms with Gasteiger partial charge in [-0.25, -0.2) is 0 Å². The monoisotopic (exact) mass is 490 g/mol. The van der Waals surface area contributed by atoms with Gasteiger partial charge in [-0.1, -0.05) is 18.2 Å². The molecule has 1 saturated heterocycles. The first-order valence-corrected chi connectivity index (χ1v) is 11.6. The lowest BCUT2D eigenvalue weighted by molar-refractivity contribution is -0.230. The summed E-state index contributed by atoms with van der Waals surface area (Å²) in [5.41, 5.74) is 3.61. The van der Waals surface area contributed by atoms with Crippen molar-refractivity contribution in [1.29, 1.82) is 5.26 Å². The zero-order valence-electron chi connectivity index (χ0n) is 20.4. The number of ether oxygens (including phenoxy) is 1. The summed E-state index contributed by atoms with van der Waals surface area (Å²) >= 11 is 0. The summed E-state index contributed by atoms with van der Waals surface area (Å²) in [6.07, 6.45) is -3.26. The summed E-state index contributed by atoms with van der Waals surface area (Å²) in [6, 6.07) is 18.2. The Balaban J connectivity index is 1.51. The number of amides is 1. The highest BCUT2D eigenvalue weighted by atomic mass is 16.6. The lowest BCUT2D eigenvalue weighted by atomic mass is 10.0. The van der Waals surface area contributed by atoms with Crippen molar-refractivity contribution in [2.24, 2.45) is 7.05 Å². The SMILES string of the molecule is CN(C)c1ccc2cc(-c3ccc(/C=C(\C#N)C(=O)NC[C@H]4OC(O)C[C@@H](O)[C@@H]4O)n3C)ccc2c1. The van der Waals surface area contributed by atoms with Crippen molar-refractivity contribution in [3.05, 3.63) is 59.8 Å². The van der Waals surface area contributed by atoms with E-state index in [1.54, 1.807) is 0 Å². The first-order chi connectivity index (χ1) is 17.2. The summed E-state index contributed by atoms with van der Waals surface area (Å²) in [5, 5.41) is 43.8. The quantitative estimate of drug-likeness (QED) is 0.306. The molecule has 36 heavy (non-hydrogen) atoms. The standard InChI is InChI=1S/C27H30N4O5/c1-30(2)20-7-6-16-10-18(5-4-17(16)11-20)22-9-8-21(31(22)3)12-19(14-28)27(35)29-15-24-26(34)23(32)13-25(33)36-24/h4-12,23-26,32-34H,13,15H2,1-3H3,(H,29,35)/b19-12+/t23-,24-,25?,26+/m1/s1. The van der Waals surface area contributed by atoms with Crippen LogP contribution >= 0.6 is 0 Å². The highest BCUT2D eigenvalue weighted by Gasteiger charge is 2.36. The van der Waals surface area contributed by atoms with E-state index in [1.165, 1.54) is 6.08 Å². The van der Waals surface area contributed by atoms with Crippen molar-refractivity contribution in [1.82, 2.24) is 9.88 Å². The number of rotatable bonds is 6. The lowest BCUT2D eigenvalue weighted by Gasteiger charge is -2.34. The van der Waals surface area contributed by atoms with E-state index in [1.807, 2.05) is 50.0 Å². The molecule has 0 radical (unpaired) electrons. The fourth-order valence-corrected chi connectivity index (χ4v) is 4.32. The zero-order valence-corrected chi connectivity index (χ0v) is 20.4. The summed E-state index contributed by atoms with van der Waals surface area (Å²) in [6.45, 7) is -0.168. The van der Waals surface area contributed by atoms with E-state index in [0.29, 0.717) is 5.69 Å². The van der Waals surface area contributed by atoms with E-state index in [2.05, 4.69) is 40.5 Å². The zero-order chi connectivity index (χ0) is 26.0. The highest BCUT2D eigenvalue weighted by molar-refractivity contribution is 6.01. The van der Waals surface area contributed by atoms with Crippen molar-refractivity contribution in [3.63, 3.8) is 0 Å². The van der Waals surface area contributed by atoms with Crippen LogP contribution in [-0.2, 0) is 16.6 Å². The number of aliphatic hydroxyl groups excluding tert-OH is 3. The molecule has 0 spiro atoms. The summed E-state index contributed by atoms with van der Waals surface area (Å²) in [7, 11) is 5.88. The molecule has 188 valence electrons. The van der Waals surface area contributed by atoms with Crippen molar-refractivity contribution < 1.29 is 24.9 Å². The Morgan fingerprint density at radius 1 is 1.17 bits per heavy atom. The first kappa shape index (κ1) is 25.4. The number of benzene rings is 2. The van der Waals surface area contributed by atoms with Gasteiger partial charge in [0, 0.05) is 51.2 Å². The van der Waals surface area contributed by atoms with Crippen LogP contribution in [0.4, 0.5) is 5.69 Å². The number of carbonyl (C=O) groups is 1. The number of carbonyl (C=O) groups excluding carboxylic acids is 1. The van der Waals surface area contributed by atoms with Gasteiger partial charge in [-0.05, 0) is 52.7 Å². The number of nitrogens with one attached hydrogen (secondary N) is 1. The molecule has 1 aliphatic rings. The van der Waals surface area contributed by atoms with Crippen LogP contribution in [-0.4, -0.2) is 71.0 Å². The molecule has 1 aliphatic heterocycles. The first-order valence-electron chi connectivity index (χ1n) is 11.6. The van der Waals surface area contributed by atoms with Crippen LogP contribution in [0.3, 0.4) is 0 Å². The Morgan fingerprint density at radius 3 is 2.61 bits per heavy atom. The smallest absolute Gasteiger partial charge is 0.262 e. The molecule has 1 amide bonds. The van der Waals surface area contributed by atoms with Gasteiger partial charge in [0.15, 0.2) is 6.29 Å². The van der Waals surface area contributed by atoms with Gasteiger partial charge in [0.2, 0.25) is 0 Å². The largest absolute Gasteiger partial charge is 0.390 e. The third-order valence-corrected chi connectivity index (χ3v) is 6.47. The Bertz CT molecular complexity index is 1340. The third-order valence-electron chi connectivity index (χ3n) is 6.47. The van der Waals surface area contributed by atoms with Gasteiger partial charge >= 0.3 is 0 Å². The van der Waals surface area contributed by atoms with E-state index in [0.717, 1.165) is 27.7 Å². The van der Waals surface area contributed by atoms with E-state index in [9.17, 15) is 25.4 Å². The molecular weight excluding hydrogens is 460 g/mol. The molecule has 4 atom stereocenters. The van der Waals surface area contributed by atoms with Gasteiger partial charge in [-0.2, -0.15) is 5.26 Å². The molecular formula is C27H30N4O5. The molecule has 2 aromatic carbocycles. The molecule has 1 unspecified atom stereocenters. The second-order valence-electron chi connectivity index (χ2n) is 9.15. The van der Waals surface area contributed by atoms with Gasteiger partial charge in [0.1, 0.15) is 23.9 Å². The van der Waals surface area contributed by atoms with Crippen LogP contribution in [0, 0.1) is 11.3 Å². The molecule has 2 heterocycles. The third kappa shape index (κ3) is 5.27. The molecule has 0 bridgehead atoms.